The number of hydrogen-bond acceptors (Lipinski definition) is 6. The lowest BCUT2D eigenvalue weighted by molar-refractivity contribution is -0.384. The van der Waals surface area contributed by atoms with Gasteiger partial charge in [0.25, 0.3) is 5.69 Å². The highest BCUT2D eigenvalue weighted by Gasteiger charge is 2.37. The maximum atomic E-state index is 14.0. The lowest BCUT2D eigenvalue weighted by Crippen LogP contribution is -2.48. The third-order valence-corrected chi connectivity index (χ3v) is 4.69. The molecule has 2 aromatic rings. The minimum atomic E-state index is -1.01. The van der Waals surface area contributed by atoms with Gasteiger partial charge in [0.2, 0.25) is 0 Å². The Morgan fingerprint density at radius 1 is 1.26 bits per heavy atom. The normalized spacial score (nSPS) is 16.0. The summed E-state index contributed by atoms with van der Waals surface area (Å²) >= 11 is 0. The molecule has 31 heavy (non-hydrogen) atoms. The molecule has 1 aliphatic heterocycles. The molecule has 1 atom stereocenters. The van der Waals surface area contributed by atoms with E-state index >= 15 is 0 Å². The Bertz CT molecular complexity index is 1050. The van der Waals surface area contributed by atoms with E-state index in [-0.39, 0.29) is 35.9 Å². The number of rotatable bonds is 7. The van der Waals surface area contributed by atoms with Crippen molar-refractivity contribution in [1.29, 1.82) is 0 Å². The third-order valence-electron chi connectivity index (χ3n) is 4.69. The lowest BCUT2D eigenvalue weighted by Gasteiger charge is -2.34. The molecule has 0 saturated carbocycles. The van der Waals surface area contributed by atoms with Crippen LogP contribution in [0.5, 0.6) is 5.75 Å². The van der Waals surface area contributed by atoms with Crippen LogP contribution in [0.4, 0.5) is 14.9 Å². The van der Waals surface area contributed by atoms with Crippen LogP contribution in [0.2, 0.25) is 0 Å². The zero-order valence-electron chi connectivity index (χ0n) is 16.8. The highest BCUT2D eigenvalue weighted by molar-refractivity contribution is 5.95. The first kappa shape index (κ1) is 21.8. The van der Waals surface area contributed by atoms with Crippen molar-refractivity contribution in [3.63, 3.8) is 0 Å². The van der Waals surface area contributed by atoms with Crippen molar-refractivity contribution in [2.24, 2.45) is 0 Å². The molecule has 162 valence electrons. The van der Waals surface area contributed by atoms with E-state index in [1.165, 1.54) is 48.3 Å². The first-order valence-electron chi connectivity index (χ1n) is 9.39. The molecule has 0 bridgehead atoms. The van der Waals surface area contributed by atoms with Gasteiger partial charge in [-0.1, -0.05) is 24.3 Å². The number of nitro groups is 1. The number of urea groups is 1. The molecule has 0 radical (unpaired) electrons. The second-order valence-electron chi connectivity index (χ2n) is 6.59. The smallest absolute Gasteiger partial charge is 0.338 e. The van der Waals surface area contributed by atoms with E-state index in [1.54, 1.807) is 19.1 Å². The number of benzene rings is 2. The first-order chi connectivity index (χ1) is 14.8. The zero-order chi connectivity index (χ0) is 22.5. The van der Waals surface area contributed by atoms with Crippen molar-refractivity contribution in [2.45, 2.75) is 13.0 Å². The number of carbonyl (C=O) groups is 2. The second kappa shape index (κ2) is 9.24. The quantitative estimate of drug-likeness (QED) is 0.411. The van der Waals surface area contributed by atoms with Gasteiger partial charge in [-0.2, -0.15) is 0 Å². The number of carbonyl (C=O) groups excluding carboxylic acids is 2. The molecule has 0 fully saturated rings. The predicted octanol–water partition coefficient (Wildman–Crippen LogP) is 3.33. The van der Waals surface area contributed by atoms with Crippen LogP contribution in [-0.4, -0.2) is 42.1 Å². The lowest BCUT2D eigenvalue weighted by atomic mass is 9.94. The Morgan fingerprint density at radius 2 is 2.00 bits per heavy atom. The molecule has 0 spiro atoms. The van der Waals surface area contributed by atoms with Crippen molar-refractivity contribution in [3.05, 3.63) is 81.3 Å². The molecule has 9 nitrogen and oxygen atoms in total. The maximum Gasteiger partial charge on any atom is 0.338 e. The van der Waals surface area contributed by atoms with Crippen LogP contribution in [-0.2, 0) is 9.53 Å². The van der Waals surface area contributed by atoms with E-state index in [0.29, 0.717) is 5.56 Å². The number of hydrogen-bond donors (Lipinski definition) is 1. The zero-order valence-corrected chi connectivity index (χ0v) is 16.8. The molecule has 3 rings (SSSR count). The summed E-state index contributed by atoms with van der Waals surface area (Å²) in [5, 5.41) is 13.8. The summed E-state index contributed by atoms with van der Waals surface area (Å²) < 4.78 is 24.7. The van der Waals surface area contributed by atoms with Crippen LogP contribution in [0.25, 0.3) is 0 Å². The summed E-state index contributed by atoms with van der Waals surface area (Å²) in [6.45, 7) is 1.40. The summed E-state index contributed by atoms with van der Waals surface area (Å²) in [7, 11) is 1.43. The summed E-state index contributed by atoms with van der Waals surface area (Å²) in [5.74, 6) is -1.37. The number of amides is 2. The van der Waals surface area contributed by atoms with E-state index < -0.39 is 28.8 Å². The molecular weight excluding hydrogens is 409 g/mol. The predicted molar refractivity (Wildman–Crippen MR) is 108 cm³/mol. The number of nitrogens with one attached hydrogen (secondary N) is 1. The van der Waals surface area contributed by atoms with E-state index in [9.17, 15) is 24.1 Å². The first-order valence-corrected chi connectivity index (χ1v) is 9.39. The van der Waals surface area contributed by atoms with Crippen LogP contribution in [0.3, 0.4) is 0 Å². The molecule has 0 saturated heterocycles. The largest absolute Gasteiger partial charge is 0.484 e. The van der Waals surface area contributed by atoms with Crippen molar-refractivity contribution >= 4 is 17.7 Å². The fourth-order valence-electron chi connectivity index (χ4n) is 3.16. The van der Waals surface area contributed by atoms with Crippen molar-refractivity contribution in [3.8, 4) is 5.75 Å². The van der Waals surface area contributed by atoms with Crippen LogP contribution in [0.15, 0.2) is 59.8 Å². The van der Waals surface area contributed by atoms with Crippen LogP contribution in [0.1, 0.15) is 18.5 Å². The minimum absolute atomic E-state index is 0.0424. The number of non-ortho nitro benzene ring substituents is 1. The monoisotopic (exact) mass is 429 g/mol. The van der Waals surface area contributed by atoms with E-state index in [4.69, 9.17) is 9.47 Å². The molecule has 0 aliphatic carbocycles. The third kappa shape index (κ3) is 4.63. The van der Waals surface area contributed by atoms with Gasteiger partial charge < -0.3 is 14.8 Å². The van der Waals surface area contributed by atoms with E-state index in [1.807, 2.05) is 0 Å². The number of ether oxygens (including phenoxy) is 2. The standard InChI is InChI=1S/C21H20FN3O6/c1-3-30-20(26)18-16(12-31-17-10-5-4-9-15(17)22)24(2)21(27)23-19(18)13-7-6-8-14(11-13)25(28)29/h4-11,19H,3,12H2,1-2H3,(H,23,27)/t19-/m1/s1. The van der Waals surface area contributed by atoms with Crippen molar-refractivity contribution in [1.82, 2.24) is 10.2 Å². The fraction of sp³-hybridized carbons (Fsp3) is 0.238. The van der Waals surface area contributed by atoms with Gasteiger partial charge in [0, 0.05) is 19.2 Å². The van der Waals surface area contributed by atoms with Gasteiger partial charge in [0.05, 0.1) is 28.8 Å². The summed E-state index contributed by atoms with van der Waals surface area (Å²) in [5.41, 5.74) is 0.322. The van der Waals surface area contributed by atoms with Gasteiger partial charge in [-0.3, -0.25) is 15.0 Å². The van der Waals surface area contributed by atoms with Gasteiger partial charge >= 0.3 is 12.0 Å². The minimum Gasteiger partial charge on any atom is -0.484 e. The average molecular weight is 429 g/mol. The molecular formula is C21H20FN3O6. The van der Waals surface area contributed by atoms with Crippen LogP contribution < -0.4 is 10.1 Å². The number of esters is 1. The average Bonchev–Trinajstić information content (AvgIpc) is 2.75. The topological polar surface area (TPSA) is 111 Å². The maximum absolute atomic E-state index is 14.0. The Labute approximate surface area is 177 Å². The van der Waals surface area contributed by atoms with Gasteiger partial charge in [-0.15, -0.1) is 0 Å². The van der Waals surface area contributed by atoms with Crippen molar-refractivity contribution in [2.75, 3.05) is 20.3 Å². The summed E-state index contributed by atoms with van der Waals surface area (Å²) in [6.07, 6.45) is 0. The molecule has 0 aromatic heterocycles. The van der Waals surface area contributed by atoms with E-state index in [0.717, 1.165) is 0 Å². The van der Waals surface area contributed by atoms with Gasteiger partial charge in [-0.05, 0) is 24.6 Å². The molecule has 1 aliphatic rings. The number of halogens is 1. The number of para-hydroxylation sites is 1. The van der Waals surface area contributed by atoms with Crippen LogP contribution >= 0.6 is 0 Å². The molecule has 0 unspecified atom stereocenters. The van der Waals surface area contributed by atoms with Crippen LogP contribution in [0, 0.1) is 15.9 Å². The van der Waals surface area contributed by atoms with Gasteiger partial charge in [-0.25, -0.2) is 14.0 Å². The number of nitrogens with zero attached hydrogens (tertiary/aromatic N) is 2. The van der Waals surface area contributed by atoms with Gasteiger partial charge in [0.15, 0.2) is 11.6 Å². The number of likely N-dealkylation sites (N-methyl/N-ethyl adjacent to an activating group) is 1. The second-order valence-corrected chi connectivity index (χ2v) is 6.59. The van der Waals surface area contributed by atoms with E-state index in [2.05, 4.69) is 5.32 Å². The molecule has 2 aromatic carbocycles. The summed E-state index contributed by atoms with van der Waals surface area (Å²) in [6, 6.07) is 9.74. The molecule has 1 N–H and O–H groups in total. The Balaban J connectivity index is 2.07. The Hall–Kier alpha value is -3.95. The van der Waals surface area contributed by atoms with Gasteiger partial charge in [0.1, 0.15) is 6.61 Å². The highest BCUT2D eigenvalue weighted by Crippen LogP contribution is 2.33. The Kier molecular flexibility index (Phi) is 6.49. The molecule has 2 amide bonds. The number of nitro benzene ring substituents is 1. The fourth-order valence-corrected chi connectivity index (χ4v) is 3.16. The molecule has 10 heteroatoms. The Morgan fingerprint density at radius 3 is 2.68 bits per heavy atom. The summed E-state index contributed by atoms with van der Waals surface area (Å²) in [4.78, 5) is 37.2. The SMILES string of the molecule is CCOC(=O)C1=C(COc2ccccc2F)N(C)C(=O)N[C@@H]1c1cccc([N+](=O)[O-])c1. The molecule has 1 heterocycles. The van der Waals surface area contributed by atoms with Crippen molar-refractivity contribution < 1.29 is 28.4 Å². The highest BCUT2D eigenvalue weighted by atomic mass is 19.1.